The summed E-state index contributed by atoms with van der Waals surface area (Å²) in [5.74, 6) is -0.423. The second-order valence-electron chi connectivity index (χ2n) is 4.69. The molecule has 2 N–H and O–H groups in total. The lowest BCUT2D eigenvalue weighted by Crippen LogP contribution is -2.34. The van der Waals surface area contributed by atoms with Crippen LogP contribution in [0.25, 0.3) is 0 Å². The van der Waals surface area contributed by atoms with E-state index in [0.717, 1.165) is 6.20 Å². The SMILES string of the molecule is CCC(C)(CNc1ncc([N+](=O)[O-])cc1C)C(=O)O. The maximum absolute atomic E-state index is 11.2. The smallest absolute Gasteiger partial charge is 0.311 e. The highest BCUT2D eigenvalue weighted by Gasteiger charge is 2.31. The molecule has 0 saturated heterocycles. The van der Waals surface area contributed by atoms with Gasteiger partial charge in [0.05, 0.1) is 10.3 Å². The third-order valence-electron chi connectivity index (χ3n) is 3.22. The lowest BCUT2D eigenvalue weighted by Gasteiger charge is -2.23. The second-order valence-corrected chi connectivity index (χ2v) is 4.69. The van der Waals surface area contributed by atoms with Gasteiger partial charge in [0.2, 0.25) is 0 Å². The molecule has 0 amide bonds. The average molecular weight is 267 g/mol. The van der Waals surface area contributed by atoms with E-state index in [2.05, 4.69) is 10.3 Å². The number of carbonyl (C=O) groups is 1. The van der Waals surface area contributed by atoms with Gasteiger partial charge in [0.25, 0.3) is 5.69 Å². The van der Waals surface area contributed by atoms with Gasteiger partial charge in [0, 0.05) is 12.6 Å². The first-order valence-electron chi connectivity index (χ1n) is 5.88. The Morgan fingerprint density at radius 3 is 2.68 bits per heavy atom. The number of carboxylic acid groups (broad SMARTS) is 1. The summed E-state index contributed by atoms with van der Waals surface area (Å²) in [4.78, 5) is 25.2. The Hall–Kier alpha value is -2.18. The number of nitrogens with zero attached hydrogens (tertiary/aromatic N) is 2. The van der Waals surface area contributed by atoms with E-state index in [1.807, 2.05) is 0 Å². The van der Waals surface area contributed by atoms with Crippen LogP contribution < -0.4 is 5.32 Å². The number of pyridine rings is 1. The monoisotopic (exact) mass is 267 g/mol. The topological polar surface area (TPSA) is 105 Å². The van der Waals surface area contributed by atoms with Crippen molar-refractivity contribution in [3.05, 3.63) is 27.9 Å². The van der Waals surface area contributed by atoms with Crippen molar-refractivity contribution < 1.29 is 14.8 Å². The largest absolute Gasteiger partial charge is 0.481 e. The minimum absolute atomic E-state index is 0.0838. The number of carboxylic acids is 1. The van der Waals surface area contributed by atoms with Crippen molar-refractivity contribution in [2.24, 2.45) is 5.41 Å². The Morgan fingerprint density at radius 1 is 1.63 bits per heavy atom. The molecule has 0 aliphatic carbocycles. The van der Waals surface area contributed by atoms with Gasteiger partial charge in [-0.3, -0.25) is 14.9 Å². The summed E-state index contributed by atoms with van der Waals surface area (Å²) in [7, 11) is 0. The van der Waals surface area contributed by atoms with Gasteiger partial charge in [-0.15, -0.1) is 0 Å². The highest BCUT2D eigenvalue weighted by Crippen LogP contribution is 2.24. The Balaban J connectivity index is 2.84. The highest BCUT2D eigenvalue weighted by atomic mass is 16.6. The molecule has 0 fully saturated rings. The fourth-order valence-corrected chi connectivity index (χ4v) is 1.48. The van der Waals surface area contributed by atoms with Gasteiger partial charge >= 0.3 is 5.97 Å². The summed E-state index contributed by atoms with van der Waals surface area (Å²) in [6, 6.07) is 1.40. The summed E-state index contributed by atoms with van der Waals surface area (Å²) in [5.41, 5.74) is -0.367. The van der Waals surface area contributed by atoms with Gasteiger partial charge < -0.3 is 10.4 Å². The molecule has 0 saturated carbocycles. The minimum Gasteiger partial charge on any atom is -0.481 e. The lowest BCUT2D eigenvalue weighted by molar-refractivity contribution is -0.385. The molecule has 0 aliphatic heterocycles. The van der Waals surface area contributed by atoms with Crippen LogP contribution in [-0.2, 0) is 4.79 Å². The minimum atomic E-state index is -0.893. The third-order valence-corrected chi connectivity index (χ3v) is 3.22. The number of aromatic nitrogens is 1. The Morgan fingerprint density at radius 2 is 2.26 bits per heavy atom. The van der Waals surface area contributed by atoms with Crippen LogP contribution in [0.5, 0.6) is 0 Å². The summed E-state index contributed by atoms with van der Waals surface area (Å²) in [6.45, 7) is 5.34. The number of rotatable bonds is 6. The quantitative estimate of drug-likeness (QED) is 0.604. The van der Waals surface area contributed by atoms with E-state index in [1.54, 1.807) is 20.8 Å². The zero-order valence-corrected chi connectivity index (χ0v) is 11.1. The van der Waals surface area contributed by atoms with Crippen molar-refractivity contribution in [2.75, 3.05) is 11.9 Å². The molecule has 1 aromatic rings. The van der Waals surface area contributed by atoms with E-state index in [9.17, 15) is 14.9 Å². The fraction of sp³-hybridized carbons (Fsp3) is 0.500. The average Bonchev–Trinajstić information content (AvgIpc) is 2.36. The molecule has 0 bridgehead atoms. The first-order valence-corrected chi connectivity index (χ1v) is 5.88. The summed E-state index contributed by atoms with van der Waals surface area (Å²) >= 11 is 0. The molecule has 1 atom stereocenters. The van der Waals surface area contributed by atoms with E-state index < -0.39 is 16.3 Å². The molecular weight excluding hydrogens is 250 g/mol. The zero-order valence-electron chi connectivity index (χ0n) is 11.1. The number of aliphatic carboxylic acids is 1. The predicted molar refractivity (Wildman–Crippen MR) is 70.2 cm³/mol. The number of anilines is 1. The summed E-state index contributed by atoms with van der Waals surface area (Å²) in [6.07, 6.45) is 1.63. The van der Waals surface area contributed by atoms with Gasteiger partial charge in [-0.2, -0.15) is 0 Å². The fourth-order valence-electron chi connectivity index (χ4n) is 1.48. The normalized spacial score (nSPS) is 13.6. The van der Waals surface area contributed by atoms with Gasteiger partial charge in [-0.25, -0.2) is 4.98 Å². The number of nitro groups is 1. The lowest BCUT2D eigenvalue weighted by atomic mass is 9.88. The van der Waals surface area contributed by atoms with Crippen molar-refractivity contribution in [1.82, 2.24) is 4.98 Å². The molecule has 7 heteroatoms. The number of aryl methyl sites for hydroxylation is 1. The van der Waals surface area contributed by atoms with Crippen LogP contribution in [0, 0.1) is 22.5 Å². The first-order chi connectivity index (χ1) is 8.80. The number of hydrogen-bond donors (Lipinski definition) is 2. The molecule has 0 spiro atoms. The number of nitrogens with one attached hydrogen (secondary N) is 1. The molecule has 7 nitrogen and oxygen atoms in total. The highest BCUT2D eigenvalue weighted by molar-refractivity contribution is 5.75. The number of hydrogen-bond acceptors (Lipinski definition) is 5. The van der Waals surface area contributed by atoms with Crippen molar-refractivity contribution in [1.29, 1.82) is 0 Å². The van der Waals surface area contributed by atoms with Crippen molar-refractivity contribution in [3.63, 3.8) is 0 Å². The van der Waals surface area contributed by atoms with Crippen molar-refractivity contribution in [3.8, 4) is 0 Å². The summed E-state index contributed by atoms with van der Waals surface area (Å²) < 4.78 is 0. The van der Waals surface area contributed by atoms with E-state index >= 15 is 0 Å². The van der Waals surface area contributed by atoms with Crippen LogP contribution in [0.3, 0.4) is 0 Å². The second kappa shape index (κ2) is 5.64. The third kappa shape index (κ3) is 3.40. The van der Waals surface area contributed by atoms with Crippen LogP contribution in [0.1, 0.15) is 25.8 Å². The van der Waals surface area contributed by atoms with Gasteiger partial charge in [-0.1, -0.05) is 6.92 Å². The standard InChI is InChI=1S/C12H17N3O4/c1-4-12(3,11(16)17)7-14-10-8(2)5-9(6-13-10)15(18)19/h5-6H,4,7H2,1-3H3,(H,13,14)(H,16,17). The molecule has 1 rings (SSSR count). The Kier molecular flexibility index (Phi) is 4.42. The molecule has 104 valence electrons. The van der Waals surface area contributed by atoms with E-state index in [1.165, 1.54) is 6.07 Å². The van der Waals surface area contributed by atoms with Crippen LogP contribution in [-0.4, -0.2) is 27.5 Å². The molecule has 0 aromatic carbocycles. The molecule has 19 heavy (non-hydrogen) atoms. The maximum atomic E-state index is 11.2. The summed E-state index contributed by atoms with van der Waals surface area (Å²) in [5, 5.41) is 22.7. The molecule has 0 radical (unpaired) electrons. The van der Waals surface area contributed by atoms with Crippen molar-refractivity contribution >= 4 is 17.5 Å². The van der Waals surface area contributed by atoms with Crippen LogP contribution in [0.4, 0.5) is 11.5 Å². The molecule has 1 heterocycles. The Bertz CT molecular complexity index is 504. The first kappa shape index (κ1) is 14.9. The van der Waals surface area contributed by atoms with Gasteiger partial charge in [0.1, 0.15) is 12.0 Å². The molecule has 1 aromatic heterocycles. The van der Waals surface area contributed by atoms with Crippen LogP contribution in [0.15, 0.2) is 12.3 Å². The van der Waals surface area contributed by atoms with Crippen molar-refractivity contribution in [2.45, 2.75) is 27.2 Å². The van der Waals surface area contributed by atoms with E-state index in [-0.39, 0.29) is 12.2 Å². The zero-order chi connectivity index (χ0) is 14.6. The maximum Gasteiger partial charge on any atom is 0.311 e. The van der Waals surface area contributed by atoms with Gasteiger partial charge in [0.15, 0.2) is 0 Å². The predicted octanol–water partition coefficient (Wildman–Crippen LogP) is 2.21. The van der Waals surface area contributed by atoms with E-state index in [4.69, 9.17) is 5.11 Å². The van der Waals surface area contributed by atoms with Crippen LogP contribution >= 0.6 is 0 Å². The molecular formula is C12H17N3O4. The van der Waals surface area contributed by atoms with Crippen LogP contribution in [0.2, 0.25) is 0 Å². The molecule has 1 unspecified atom stereocenters. The van der Waals surface area contributed by atoms with Gasteiger partial charge in [-0.05, 0) is 25.8 Å². The Labute approximate surface area is 110 Å². The van der Waals surface area contributed by atoms with E-state index in [0.29, 0.717) is 17.8 Å². The molecule has 0 aliphatic rings.